The van der Waals surface area contributed by atoms with Crippen molar-refractivity contribution < 1.29 is 22.4 Å². The summed E-state index contributed by atoms with van der Waals surface area (Å²) in [4.78, 5) is 13.7. The van der Waals surface area contributed by atoms with Crippen LogP contribution in [-0.4, -0.2) is 39.7 Å². The second-order valence-corrected chi connectivity index (χ2v) is 5.57. The van der Waals surface area contributed by atoms with E-state index in [9.17, 15) is 22.4 Å². The molecule has 0 saturated carbocycles. The molecule has 1 atom stereocenters. The molecule has 1 fully saturated rings. The van der Waals surface area contributed by atoms with Gasteiger partial charge in [0.25, 0.3) is 5.91 Å². The van der Waals surface area contributed by atoms with Gasteiger partial charge in [-0.1, -0.05) is 12.1 Å². The summed E-state index contributed by atoms with van der Waals surface area (Å²) >= 11 is 0. The molecule has 0 spiro atoms. The number of carbonyl (C=O) groups excluding carboxylic acids is 1. The van der Waals surface area contributed by atoms with Gasteiger partial charge in [0.2, 0.25) is 0 Å². The van der Waals surface area contributed by atoms with Crippen molar-refractivity contribution >= 4 is 5.91 Å². The number of para-hydroxylation sites is 1. The van der Waals surface area contributed by atoms with Crippen molar-refractivity contribution in [3.05, 3.63) is 47.5 Å². The molecule has 1 aliphatic heterocycles. The van der Waals surface area contributed by atoms with E-state index < -0.39 is 29.2 Å². The molecule has 3 rings (SSSR count). The van der Waals surface area contributed by atoms with E-state index in [0.717, 1.165) is 18.3 Å². The number of amides is 1. The van der Waals surface area contributed by atoms with Crippen LogP contribution in [-0.2, 0) is 6.18 Å². The largest absolute Gasteiger partial charge is 0.434 e. The number of rotatable bonds is 2. The molecule has 2 N–H and O–H groups in total. The highest BCUT2D eigenvalue weighted by molar-refractivity contribution is 5.95. The van der Waals surface area contributed by atoms with Gasteiger partial charge in [0.15, 0.2) is 5.69 Å². The van der Waals surface area contributed by atoms with Crippen molar-refractivity contribution in [2.75, 3.05) is 13.1 Å². The van der Waals surface area contributed by atoms with Crippen LogP contribution in [0.3, 0.4) is 0 Å². The molecule has 24 heavy (non-hydrogen) atoms. The lowest BCUT2D eigenvalue weighted by atomic mass is 10.2. The van der Waals surface area contributed by atoms with Crippen molar-refractivity contribution in [1.29, 1.82) is 0 Å². The highest BCUT2D eigenvalue weighted by atomic mass is 19.4. The highest BCUT2D eigenvalue weighted by Crippen LogP contribution is 2.35. The molecule has 1 aliphatic rings. The molecule has 1 aromatic carbocycles. The van der Waals surface area contributed by atoms with E-state index in [1.807, 2.05) is 0 Å². The Morgan fingerprint density at radius 3 is 2.58 bits per heavy atom. The molecule has 128 valence electrons. The fourth-order valence-corrected chi connectivity index (χ4v) is 2.73. The SMILES string of the molecule is N[C@H]1CCN(C(=O)c2cnn(-c3ccccc3F)c2C(F)(F)F)C1. The maximum absolute atomic E-state index is 13.9. The quantitative estimate of drug-likeness (QED) is 0.851. The van der Waals surface area contributed by atoms with E-state index in [0.29, 0.717) is 11.1 Å². The van der Waals surface area contributed by atoms with Gasteiger partial charge in [-0.2, -0.15) is 18.3 Å². The summed E-state index contributed by atoms with van der Waals surface area (Å²) in [6.45, 7) is 0.461. The van der Waals surface area contributed by atoms with Gasteiger partial charge in [-0.3, -0.25) is 4.79 Å². The average molecular weight is 342 g/mol. The predicted octanol–water partition coefficient (Wildman–Crippen LogP) is 2.20. The summed E-state index contributed by atoms with van der Waals surface area (Å²) in [5.74, 6) is -1.67. The number of benzene rings is 1. The summed E-state index contributed by atoms with van der Waals surface area (Å²) in [6, 6.07) is 4.68. The summed E-state index contributed by atoms with van der Waals surface area (Å²) < 4.78 is 54.8. The van der Waals surface area contributed by atoms with E-state index in [2.05, 4.69) is 5.10 Å². The first-order valence-electron chi connectivity index (χ1n) is 7.24. The van der Waals surface area contributed by atoms with Gasteiger partial charge < -0.3 is 10.6 Å². The molecular formula is C15H14F4N4O. The molecule has 1 aromatic heterocycles. The molecule has 0 aliphatic carbocycles. The van der Waals surface area contributed by atoms with Gasteiger partial charge >= 0.3 is 6.18 Å². The smallest absolute Gasteiger partial charge is 0.337 e. The summed E-state index contributed by atoms with van der Waals surface area (Å²) in [5, 5.41) is 3.60. The fraction of sp³-hybridized carbons (Fsp3) is 0.333. The number of hydrogen-bond donors (Lipinski definition) is 1. The molecule has 2 heterocycles. The number of likely N-dealkylation sites (tertiary alicyclic amines) is 1. The summed E-state index contributed by atoms with van der Waals surface area (Å²) in [7, 11) is 0. The molecule has 2 aromatic rings. The Bertz CT molecular complexity index is 771. The van der Waals surface area contributed by atoms with Gasteiger partial charge in [0.1, 0.15) is 11.5 Å². The third-order valence-corrected chi connectivity index (χ3v) is 3.86. The molecule has 1 saturated heterocycles. The first-order valence-corrected chi connectivity index (χ1v) is 7.24. The second-order valence-electron chi connectivity index (χ2n) is 5.57. The van der Waals surface area contributed by atoms with Gasteiger partial charge in [0.05, 0.1) is 11.8 Å². The number of nitrogens with zero attached hydrogens (tertiary/aromatic N) is 3. The summed E-state index contributed by atoms with van der Waals surface area (Å²) in [5.41, 5.74) is 3.42. The van der Waals surface area contributed by atoms with E-state index in [1.165, 1.54) is 17.0 Å². The van der Waals surface area contributed by atoms with Gasteiger partial charge in [0, 0.05) is 19.1 Å². The van der Waals surface area contributed by atoms with Crippen molar-refractivity contribution in [1.82, 2.24) is 14.7 Å². The molecule has 5 nitrogen and oxygen atoms in total. The molecule has 0 radical (unpaired) electrons. The highest BCUT2D eigenvalue weighted by Gasteiger charge is 2.42. The van der Waals surface area contributed by atoms with Crippen LogP contribution >= 0.6 is 0 Å². The van der Waals surface area contributed by atoms with Crippen molar-refractivity contribution in [2.45, 2.75) is 18.6 Å². The lowest BCUT2D eigenvalue weighted by Gasteiger charge is -2.17. The zero-order chi connectivity index (χ0) is 17.5. The first-order chi connectivity index (χ1) is 11.3. The van der Waals surface area contributed by atoms with E-state index in [1.54, 1.807) is 0 Å². The number of nitrogens with two attached hydrogens (primary N) is 1. The molecule has 0 unspecified atom stereocenters. The monoisotopic (exact) mass is 342 g/mol. The van der Waals surface area contributed by atoms with Crippen LogP contribution in [0.15, 0.2) is 30.5 Å². The Labute approximate surface area is 134 Å². The zero-order valence-corrected chi connectivity index (χ0v) is 12.4. The Balaban J connectivity index is 2.09. The third kappa shape index (κ3) is 2.86. The Morgan fingerprint density at radius 2 is 2.00 bits per heavy atom. The lowest BCUT2D eigenvalue weighted by molar-refractivity contribution is -0.143. The third-order valence-electron chi connectivity index (χ3n) is 3.86. The van der Waals surface area contributed by atoms with Gasteiger partial charge in [-0.05, 0) is 18.6 Å². The van der Waals surface area contributed by atoms with E-state index in [4.69, 9.17) is 5.73 Å². The Morgan fingerprint density at radius 1 is 1.29 bits per heavy atom. The number of aromatic nitrogens is 2. The lowest BCUT2D eigenvalue weighted by Crippen LogP contribution is -2.33. The van der Waals surface area contributed by atoms with Gasteiger partial charge in [-0.25, -0.2) is 9.07 Å². The standard InChI is InChI=1S/C15H14F4N4O/c16-11-3-1-2-4-12(11)23-13(15(17,18)19)10(7-21-23)14(24)22-6-5-9(20)8-22/h1-4,7,9H,5-6,8,20H2/t9-/m0/s1. The molecular weight excluding hydrogens is 328 g/mol. The minimum Gasteiger partial charge on any atom is -0.337 e. The van der Waals surface area contributed by atoms with Crippen LogP contribution in [0.25, 0.3) is 5.69 Å². The molecule has 0 bridgehead atoms. The second kappa shape index (κ2) is 5.90. The van der Waals surface area contributed by atoms with Crippen LogP contribution < -0.4 is 5.73 Å². The van der Waals surface area contributed by atoms with Crippen LogP contribution in [0.1, 0.15) is 22.5 Å². The van der Waals surface area contributed by atoms with Crippen LogP contribution in [0.2, 0.25) is 0 Å². The molecule has 1 amide bonds. The van der Waals surface area contributed by atoms with Gasteiger partial charge in [-0.15, -0.1) is 0 Å². The topological polar surface area (TPSA) is 64.2 Å². The van der Waals surface area contributed by atoms with Crippen molar-refractivity contribution in [3.63, 3.8) is 0 Å². The minimum atomic E-state index is -4.87. The number of hydrogen-bond acceptors (Lipinski definition) is 3. The van der Waals surface area contributed by atoms with Crippen LogP contribution in [0.5, 0.6) is 0 Å². The van der Waals surface area contributed by atoms with Crippen LogP contribution in [0, 0.1) is 5.82 Å². The number of halogens is 4. The van der Waals surface area contributed by atoms with E-state index >= 15 is 0 Å². The average Bonchev–Trinajstić information content (AvgIpc) is 3.13. The minimum absolute atomic E-state index is 0.182. The number of carbonyl (C=O) groups is 1. The predicted molar refractivity (Wildman–Crippen MR) is 77.0 cm³/mol. The van der Waals surface area contributed by atoms with Crippen molar-refractivity contribution in [2.24, 2.45) is 5.73 Å². The normalized spacial score (nSPS) is 18.2. The Hall–Kier alpha value is -2.42. The van der Waals surface area contributed by atoms with Crippen molar-refractivity contribution in [3.8, 4) is 5.69 Å². The fourth-order valence-electron chi connectivity index (χ4n) is 2.73. The van der Waals surface area contributed by atoms with E-state index in [-0.39, 0.29) is 24.8 Å². The maximum Gasteiger partial charge on any atom is 0.434 e. The number of alkyl halides is 3. The first kappa shape index (κ1) is 16.4. The summed E-state index contributed by atoms with van der Waals surface area (Å²) in [6.07, 6.45) is -3.53. The Kier molecular flexibility index (Phi) is 4.04. The molecule has 9 heteroatoms. The maximum atomic E-state index is 13.9. The van der Waals surface area contributed by atoms with Crippen LogP contribution in [0.4, 0.5) is 17.6 Å². The zero-order valence-electron chi connectivity index (χ0n) is 12.4.